The van der Waals surface area contributed by atoms with Crippen molar-refractivity contribution in [1.82, 2.24) is 15.2 Å². The molecule has 2 aromatic heterocycles. The molecule has 0 aliphatic heterocycles. The highest BCUT2D eigenvalue weighted by atomic mass is 32.1. The Bertz CT molecular complexity index is 539. The lowest BCUT2D eigenvalue weighted by Gasteiger charge is -2.18. The lowest BCUT2D eigenvalue weighted by molar-refractivity contribution is 0.835. The summed E-state index contributed by atoms with van der Waals surface area (Å²) in [6, 6.07) is 2.30. The van der Waals surface area contributed by atoms with Crippen LogP contribution in [0, 0.1) is 27.7 Å². The highest BCUT2D eigenvalue weighted by Gasteiger charge is 2.14. The van der Waals surface area contributed by atoms with Crippen LogP contribution in [0.5, 0.6) is 0 Å². The molecule has 0 aliphatic carbocycles. The number of rotatable bonds is 3. The second kappa shape index (κ2) is 5.02. The van der Waals surface area contributed by atoms with Gasteiger partial charge in [-0.1, -0.05) is 11.3 Å². The second-order valence-electron chi connectivity index (χ2n) is 4.57. The first-order valence-electron chi connectivity index (χ1n) is 5.98. The van der Waals surface area contributed by atoms with Crippen molar-refractivity contribution in [3.05, 3.63) is 33.6 Å². The van der Waals surface area contributed by atoms with Crippen LogP contribution in [0.1, 0.15) is 40.5 Å². The summed E-state index contributed by atoms with van der Waals surface area (Å²) in [7, 11) is 0. The number of nitrogens with zero attached hydrogens (tertiary/aromatic N) is 3. The monoisotopic (exact) mass is 262 g/mol. The van der Waals surface area contributed by atoms with Gasteiger partial charge in [0.25, 0.3) is 0 Å². The van der Waals surface area contributed by atoms with Gasteiger partial charge in [-0.05, 0) is 51.8 Å². The lowest BCUT2D eigenvalue weighted by Crippen LogP contribution is -2.11. The predicted molar refractivity (Wildman–Crippen MR) is 75.1 cm³/mol. The number of anilines is 1. The molecule has 0 saturated carbocycles. The highest BCUT2D eigenvalue weighted by molar-refractivity contribution is 7.15. The number of aryl methyl sites for hydroxylation is 4. The van der Waals surface area contributed by atoms with Crippen LogP contribution in [0.3, 0.4) is 0 Å². The van der Waals surface area contributed by atoms with Gasteiger partial charge in [-0.15, -0.1) is 10.2 Å². The van der Waals surface area contributed by atoms with E-state index in [0.717, 1.165) is 21.5 Å². The largest absolute Gasteiger partial charge is 0.353 e. The van der Waals surface area contributed by atoms with E-state index >= 15 is 0 Å². The molecule has 2 heterocycles. The first-order chi connectivity index (χ1) is 8.47. The molecule has 18 heavy (non-hydrogen) atoms. The minimum absolute atomic E-state index is 0.186. The minimum atomic E-state index is 0.186. The van der Waals surface area contributed by atoms with E-state index in [1.807, 2.05) is 13.8 Å². The van der Waals surface area contributed by atoms with Crippen molar-refractivity contribution in [2.24, 2.45) is 0 Å². The highest BCUT2D eigenvalue weighted by Crippen LogP contribution is 2.26. The van der Waals surface area contributed by atoms with Crippen molar-refractivity contribution in [2.45, 2.75) is 40.7 Å². The van der Waals surface area contributed by atoms with E-state index in [1.165, 1.54) is 11.1 Å². The van der Waals surface area contributed by atoms with Crippen molar-refractivity contribution < 1.29 is 0 Å². The average molecular weight is 262 g/mol. The van der Waals surface area contributed by atoms with Gasteiger partial charge in [0.2, 0.25) is 5.13 Å². The van der Waals surface area contributed by atoms with Gasteiger partial charge in [-0.2, -0.15) is 0 Å². The molecule has 0 bridgehead atoms. The maximum atomic E-state index is 4.53. The Morgan fingerprint density at radius 2 is 1.89 bits per heavy atom. The van der Waals surface area contributed by atoms with Gasteiger partial charge in [0.05, 0.1) is 6.04 Å². The minimum Gasteiger partial charge on any atom is -0.353 e. The first-order valence-corrected chi connectivity index (χ1v) is 6.80. The van der Waals surface area contributed by atoms with Gasteiger partial charge in [0.15, 0.2) is 0 Å². The van der Waals surface area contributed by atoms with Gasteiger partial charge >= 0.3 is 0 Å². The molecule has 96 valence electrons. The molecule has 0 fully saturated rings. The summed E-state index contributed by atoms with van der Waals surface area (Å²) in [6.45, 7) is 10.3. The standard InChI is InChI=1S/C13H18N4S/c1-7-6-8(2)14-9(3)12(7)10(4)15-13-17-16-11(5)18-13/h6,10H,1-5H3,(H,15,17). The molecule has 0 radical (unpaired) electrons. The maximum Gasteiger partial charge on any atom is 0.206 e. The Kier molecular flexibility index (Phi) is 3.61. The van der Waals surface area contributed by atoms with Crippen molar-refractivity contribution >= 4 is 16.5 Å². The molecule has 0 saturated heterocycles. The van der Waals surface area contributed by atoms with E-state index in [4.69, 9.17) is 0 Å². The van der Waals surface area contributed by atoms with Crippen molar-refractivity contribution in [3.63, 3.8) is 0 Å². The normalized spacial score (nSPS) is 12.5. The van der Waals surface area contributed by atoms with E-state index in [2.05, 4.69) is 47.3 Å². The average Bonchev–Trinajstić information content (AvgIpc) is 2.62. The van der Waals surface area contributed by atoms with Crippen LogP contribution in [-0.2, 0) is 0 Å². The van der Waals surface area contributed by atoms with Crippen molar-refractivity contribution in [2.75, 3.05) is 5.32 Å². The summed E-state index contributed by atoms with van der Waals surface area (Å²) >= 11 is 1.57. The Morgan fingerprint density at radius 3 is 2.44 bits per heavy atom. The van der Waals surface area contributed by atoms with Crippen molar-refractivity contribution in [1.29, 1.82) is 0 Å². The van der Waals surface area contributed by atoms with Gasteiger partial charge < -0.3 is 5.32 Å². The summed E-state index contributed by atoms with van der Waals surface area (Å²) in [4.78, 5) is 4.53. The van der Waals surface area contributed by atoms with Crippen LogP contribution in [0.4, 0.5) is 5.13 Å². The molecular formula is C13H18N4S. The van der Waals surface area contributed by atoms with Crippen LogP contribution < -0.4 is 5.32 Å². The van der Waals surface area contributed by atoms with E-state index < -0.39 is 0 Å². The summed E-state index contributed by atoms with van der Waals surface area (Å²) in [6.07, 6.45) is 0. The third-order valence-corrected chi connectivity index (χ3v) is 3.65. The first kappa shape index (κ1) is 13.0. The third kappa shape index (κ3) is 2.67. The van der Waals surface area contributed by atoms with E-state index in [-0.39, 0.29) is 6.04 Å². The van der Waals surface area contributed by atoms with Gasteiger partial charge in [0, 0.05) is 11.4 Å². The Labute approximate surface area is 111 Å². The van der Waals surface area contributed by atoms with Crippen LogP contribution in [0.15, 0.2) is 6.07 Å². The van der Waals surface area contributed by atoms with E-state index in [1.54, 1.807) is 11.3 Å². The zero-order valence-corrected chi connectivity index (χ0v) is 12.2. The molecule has 0 spiro atoms. The number of aromatic nitrogens is 3. The Morgan fingerprint density at radius 1 is 1.17 bits per heavy atom. The summed E-state index contributed by atoms with van der Waals surface area (Å²) < 4.78 is 0. The van der Waals surface area contributed by atoms with Gasteiger partial charge in [-0.25, -0.2) is 0 Å². The molecule has 0 aromatic carbocycles. The van der Waals surface area contributed by atoms with Crippen LogP contribution in [0.2, 0.25) is 0 Å². The third-order valence-electron chi connectivity index (χ3n) is 2.88. The van der Waals surface area contributed by atoms with Crippen molar-refractivity contribution in [3.8, 4) is 0 Å². The fourth-order valence-electron chi connectivity index (χ4n) is 2.30. The maximum absolute atomic E-state index is 4.53. The summed E-state index contributed by atoms with van der Waals surface area (Å²) in [5, 5.41) is 13.3. The number of hydrogen-bond acceptors (Lipinski definition) is 5. The smallest absolute Gasteiger partial charge is 0.206 e. The molecule has 0 aliphatic rings. The molecular weight excluding hydrogens is 244 g/mol. The van der Waals surface area contributed by atoms with Gasteiger partial charge in [0.1, 0.15) is 5.01 Å². The predicted octanol–water partition coefficient (Wildman–Crippen LogP) is 3.34. The van der Waals surface area contributed by atoms with Gasteiger partial charge in [-0.3, -0.25) is 4.98 Å². The second-order valence-corrected chi connectivity index (χ2v) is 5.75. The Hall–Kier alpha value is -1.49. The summed E-state index contributed by atoms with van der Waals surface area (Å²) in [5.41, 5.74) is 4.65. The van der Waals surface area contributed by atoms with Crippen LogP contribution in [0.25, 0.3) is 0 Å². The molecule has 2 rings (SSSR count). The van der Waals surface area contributed by atoms with Crippen LogP contribution >= 0.6 is 11.3 Å². The number of nitrogens with one attached hydrogen (secondary N) is 1. The lowest BCUT2D eigenvalue weighted by atomic mass is 10.0. The number of hydrogen-bond donors (Lipinski definition) is 1. The molecule has 1 unspecified atom stereocenters. The molecule has 0 amide bonds. The van der Waals surface area contributed by atoms with Crippen LogP contribution in [-0.4, -0.2) is 15.2 Å². The topological polar surface area (TPSA) is 50.7 Å². The zero-order chi connectivity index (χ0) is 13.3. The van der Waals surface area contributed by atoms with E-state index in [9.17, 15) is 0 Å². The molecule has 1 N–H and O–H groups in total. The molecule has 4 nitrogen and oxygen atoms in total. The van der Waals surface area contributed by atoms with E-state index in [0.29, 0.717) is 0 Å². The number of pyridine rings is 1. The molecule has 1 atom stereocenters. The SMILES string of the molecule is Cc1cc(C)c(C(C)Nc2nnc(C)s2)c(C)n1. The fraction of sp³-hybridized carbons (Fsp3) is 0.462. The quantitative estimate of drug-likeness (QED) is 0.921. The molecule has 5 heteroatoms. The Balaban J connectivity index is 2.26. The fourth-order valence-corrected chi connectivity index (χ4v) is 2.98. The zero-order valence-electron chi connectivity index (χ0n) is 11.4. The summed E-state index contributed by atoms with van der Waals surface area (Å²) in [5.74, 6) is 0. The molecule has 2 aromatic rings.